The van der Waals surface area contributed by atoms with Gasteiger partial charge in [0.05, 0.1) is 0 Å². The van der Waals surface area contributed by atoms with E-state index < -0.39 is 0 Å². The van der Waals surface area contributed by atoms with Gasteiger partial charge in [-0.1, -0.05) is 19.0 Å². The smallest absolute Gasteiger partial charge is 0.143 e. The molecule has 0 radical (unpaired) electrons. The highest BCUT2D eigenvalue weighted by Gasteiger charge is 2.06. The largest absolute Gasteiger partial charge is 0.409 e. The van der Waals surface area contributed by atoms with Crippen molar-refractivity contribution in [1.29, 1.82) is 0 Å². The van der Waals surface area contributed by atoms with Gasteiger partial charge in [0, 0.05) is 28.8 Å². The number of nitrogens with one attached hydrogen (secondary N) is 1. The van der Waals surface area contributed by atoms with Gasteiger partial charge in [0.2, 0.25) is 0 Å². The second-order valence-corrected chi connectivity index (χ2v) is 5.03. The first kappa shape index (κ1) is 13.0. The van der Waals surface area contributed by atoms with Gasteiger partial charge in [-0.15, -0.1) is 11.3 Å². The van der Waals surface area contributed by atoms with Crippen molar-refractivity contribution in [3.05, 3.63) is 21.9 Å². The van der Waals surface area contributed by atoms with E-state index in [9.17, 15) is 0 Å². The average molecular weight is 241 g/mol. The number of nitrogens with zero attached hydrogens (tertiary/aromatic N) is 1. The zero-order chi connectivity index (χ0) is 12.0. The summed E-state index contributed by atoms with van der Waals surface area (Å²) >= 11 is 1.83. The first-order chi connectivity index (χ1) is 7.67. The minimum atomic E-state index is 0.0515. The maximum absolute atomic E-state index is 8.49. The van der Waals surface area contributed by atoms with Crippen molar-refractivity contribution in [3.8, 4) is 0 Å². The Balaban J connectivity index is 2.30. The Labute approximate surface area is 100 Å². The number of hydrogen-bond donors (Lipinski definition) is 3. The van der Waals surface area contributed by atoms with E-state index in [4.69, 9.17) is 10.9 Å². The lowest BCUT2D eigenvalue weighted by atomic mass is 10.1. The first-order valence-electron chi connectivity index (χ1n) is 5.43. The summed E-state index contributed by atoms with van der Waals surface area (Å²) in [6.45, 7) is 5.64. The predicted octanol–water partition coefficient (Wildman–Crippen LogP) is 1.78. The normalized spacial score (nSPS) is 14.0. The van der Waals surface area contributed by atoms with Crippen LogP contribution in [-0.2, 0) is 13.0 Å². The summed E-state index contributed by atoms with van der Waals surface area (Å²) in [6, 6.07) is 4.30. The fraction of sp³-hybridized carbons (Fsp3) is 0.545. The first-order valence-corrected chi connectivity index (χ1v) is 6.24. The van der Waals surface area contributed by atoms with Crippen molar-refractivity contribution in [2.45, 2.75) is 26.8 Å². The Morgan fingerprint density at radius 3 is 2.81 bits per heavy atom. The molecule has 0 aromatic carbocycles. The molecule has 0 spiro atoms. The van der Waals surface area contributed by atoms with Gasteiger partial charge in [0.15, 0.2) is 0 Å². The van der Waals surface area contributed by atoms with E-state index >= 15 is 0 Å². The third kappa shape index (κ3) is 3.83. The molecule has 0 fully saturated rings. The van der Waals surface area contributed by atoms with Crippen LogP contribution in [0.2, 0.25) is 0 Å². The van der Waals surface area contributed by atoms with Crippen molar-refractivity contribution in [3.63, 3.8) is 0 Å². The Hall–Kier alpha value is -1.07. The van der Waals surface area contributed by atoms with Gasteiger partial charge in [-0.25, -0.2) is 0 Å². The van der Waals surface area contributed by atoms with Crippen molar-refractivity contribution in [2.24, 2.45) is 16.8 Å². The molecule has 0 saturated heterocycles. The second kappa shape index (κ2) is 6.50. The SMILES string of the molecule is CCc1ccc(CNCC(C)/C(N)=N/O)s1. The van der Waals surface area contributed by atoms with Gasteiger partial charge in [0.25, 0.3) is 0 Å². The van der Waals surface area contributed by atoms with Crippen LogP contribution < -0.4 is 11.1 Å². The highest BCUT2D eigenvalue weighted by molar-refractivity contribution is 7.11. The van der Waals surface area contributed by atoms with Crippen LogP contribution >= 0.6 is 11.3 Å². The van der Waals surface area contributed by atoms with E-state index in [1.807, 2.05) is 18.3 Å². The minimum Gasteiger partial charge on any atom is -0.409 e. The maximum atomic E-state index is 8.49. The molecule has 1 heterocycles. The van der Waals surface area contributed by atoms with Gasteiger partial charge < -0.3 is 16.3 Å². The average Bonchev–Trinajstić information content (AvgIpc) is 2.75. The molecule has 16 heavy (non-hydrogen) atoms. The van der Waals surface area contributed by atoms with Gasteiger partial charge >= 0.3 is 0 Å². The molecular formula is C11H19N3OS. The van der Waals surface area contributed by atoms with E-state index in [1.54, 1.807) is 0 Å². The Morgan fingerprint density at radius 1 is 1.56 bits per heavy atom. The molecule has 0 aliphatic heterocycles. The third-order valence-corrected chi connectivity index (χ3v) is 3.67. The fourth-order valence-electron chi connectivity index (χ4n) is 1.32. The summed E-state index contributed by atoms with van der Waals surface area (Å²) < 4.78 is 0. The minimum absolute atomic E-state index is 0.0515. The quantitative estimate of drug-likeness (QED) is 0.308. The highest BCUT2D eigenvalue weighted by atomic mass is 32.1. The summed E-state index contributed by atoms with van der Waals surface area (Å²) in [5.74, 6) is 0.323. The standard InChI is InChI=1S/C11H19N3OS/c1-3-9-4-5-10(16-9)7-13-6-8(2)11(12)14-15/h4-5,8,13,15H,3,6-7H2,1-2H3,(H2,12,14). The molecule has 0 bridgehead atoms. The van der Waals surface area contributed by atoms with Crippen molar-refractivity contribution in [2.75, 3.05) is 6.54 Å². The van der Waals surface area contributed by atoms with E-state index in [0.29, 0.717) is 0 Å². The number of hydrogen-bond acceptors (Lipinski definition) is 4. The van der Waals surface area contributed by atoms with Crippen LogP contribution in [0.4, 0.5) is 0 Å². The molecule has 1 rings (SSSR count). The summed E-state index contributed by atoms with van der Waals surface area (Å²) in [7, 11) is 0. The predicted molar refractivity (Wildman–Crippen MR) is 68.0 cm³/mol. The molecule has 0 saturated carbocycles. The van der Waals surface area contributed by atoms with Crippen molar-refractivity contribution >= 4 is 17.2 Å². The van der Waals surface area contributed by atoms with Gasteiger partial charge in [-0.3, -0.25) is 0 Å². The number of amidine groups is 1. The van der Waals surface area contributed by atoms with Crippen LogP contribution in [0.15, 0.2) is 17.3 Å². The summed E-state index contributed by atoms with van der Waals surface area (Å²) in [5.41, 5.74) is 5.48. The van der Waals surface area contributed by atoms with Crippen molar-refractivity contribution in [1.82, 2.24) is 5.32 Å². The van der Waals surface area contributed by atoms with Crippen LogP contribution in [-0.4, -0.2) is 17.6 Å². The second-order valence-electron chi connectivity index (χ2n) is 3.78. The topological polar surface area (TPSA) is 70.6 Å². The van der Waals surface area contributed by atoms with E-state index in [0.717, 1.165) is 19.5 Å². The van der Waals surface area contributed by atoms with Crippen LogP contribution in [0.5, 0.6) is 0 Å². The number of oxime groups is 1. The number of nitrogens with two attached hydrogens (primary N) is 1. The lowest BCUT2D eigenvalue weighted by molar-refractivity contribution is 0.314. The molecule has 1 unspecified atom stereocenters. The Kier molecular flexibility index (Phi) is 5.28. The fourth-order valence-corrected chi connectivity index (χ4v) is 2.25. The van der Waals surface area contributed by atoms with Crippen LogP contribution in [0.25, 0.3) is 0 Å². The highest BCUT2D eigenvalue weighted by Crippen LogP contribution is 2.16. The van der Waals surface area contributed by atoms with E-state index in [2.05, 4.69) is 29.5 Å². The molecule has 5 heteroatoms. The van der Waals surface area contributed by atoms with Gasteiger partial charge in [-0.05, 0) is 18.6 Å². The van der Waals surface area contributed by atoms with Crippen LogP contribution in [0, 0.1) is 5.92 Å². The molecule has 4 nitrogen and oxygen atoms in total. The molecule has 4 N–H and O–H groups in total. The van der Waals surface area contributed by atoms with Crippen LogP contribution in [0.3, 0.4) is 0 Å². The Bertz CT molecular complexity index is 349. The molecule has 0 aliphatic rings. The van der Waals surface area contributed by atoms with Crippen LogP contribution in [0.1, 0.15) is 23.6 Å². The third-order valence-electron chi connectivity index (χ3n) is 2.44. The number of aryl methyl sites for hydroxylation is 1. The molecule has 0 aliphatic carbocycles. The molecular weight excluding hydrogens is 222 g/mol. The lowest BCUT2D eigenvalue weighted by Gasteiger charge is -2.09. The molecule has 90 valence electrons. The van der Waals surface area contributed by atoms with Gasteiger partial charge in [0.1, 0.15) is 5.84 Å². The molecule has 1 aromatic rings. The van der Waals surface area contributed by atoms with E-state index in [-0.39, 0.29) is 11.8 Å². The summed E-state index contributed by atoms with van der Waals surface area (Å²) in [5, 5.41) is 14.8. The zero-order valence-corrected chi connectivity index (χ0v) is 10.5. The zero-order valence-electron chi connectivity index (χ0n) is 9.73. The lowest BCUT2D eigenvalue weighted by Crippen LogP contribution is -2.30. The van der Waals surface area contributed by atoms with Gasteiger partial charge in [-0.2, -0.15) is 0 Å². The number of rotatable bonds is 6. The molecule has 1 atom stereocenters. The summed E-state index contributed by atoms with van der Waals surface area (Å²) in [4.78, 5) is 2.73. The molecule has 1 aromatic heterocycles. The number of thiophene rings is 1. The maximum Gasteiger partial charge on any atom is 0.143 e. The Morgan fingerprint density at radius 2 is 2.25 bits per heavy atom. The van der Waals surface area contributed by atoms with E-state index in [1.165, 1.54) is 9.75 Å². The summed E-state index contributed by atoms with van der Waals surface area (Å²) in [6.07, 6.45) is 1.09. The van der Waals surface area contributed by atoms with Crippen molar-refractivity contribution < 1.29 is 5.21 Å². The molecule has 0 amide bonds. The monoisotopic (exact) mass is 241 g/mol.